The summed E-state index contributed by atoms with van der Waals surface area (Å²) in [4.78, 5) is 14.2. The summed E-state index contributed by atoms with van der Waals surface area (Å²) in [5.74, 6) is 0.622. The number of amides is 1. The predicted molar refractivity (Wildman–Crippen MR) is 114 cm³/mol. The molecule has 0 N–H and O–H groups in total. The van der Waals surface area contributed by atoms with Gasteiger partial charge in [0, 0.05) is 5.56 Å². The fourth-order valence-electron chi connectivity index (χ4n) is 3.21. The van der Waals surface area contributed by atoms with Crippen LogP contribution >= 0.6 is 0 Å². The zero-order chi connectivity index (χ0) is 22.3. The molecule has 0 unspecified atom stereocenters. The third-order valence-electron chi connectivity index (χ3n) is 5.56. The molecule has 0 aliphatic carbocycles. The van der Waals surface area contributed by atoms with Gasteiger partial charge in [-0.2, -0.15) is 0 Å². The molecule has 0 radical (unpaired) electrons. The van der Waals surface area contributed by atoms with Crippen LogP contribution in [0.5, 0.6) is 5.75 Å². The van der Waals surface area contributed by atoms with Gasteiger partial charge in [0.1, 0.15) is 23.7 Å². The standard InChI is InChI=1S/C22H31BFNO5/c1-20(2,3)28-19(26)25-11-12-27-17-10-8-9-15(16(17)14-25)13-18(24)23-29-21(4,5)22(6,7)30-23/h8-10,13H,11-12,14H2,1-7H3. The third-order valence-corrected chi connectivity index (χ3v) is 5.56. The minimum atomic E-state index is -1.08. The molecule has 6 nitrogen and oxygen atoms in total. The molecule has 30 heavy (non-hydrogen) atoms. The minimum absolute atomic E-state index is 0.258. The Morgan fingerprint density at radius 1 is 1.20 bits per heavy atom. The second-order valence-electron chi connectivity index (χ2n) is 9.69. The molecule has 0 atom stereocenters. The molecule has 1 aromatic carbocycles. The van der Waals surface area contributed by atoms with Crippen LogP contribution in [0, 0.1) is 0 Å². The van der Waals surface area contributed by atoms with Gasteiger partial charge in [-0.15, -0.1) is 0 Å². The van der Waals surface area contributed by atoms with Crippen molar-refractivity contribution in [2.75, 3.05) is 13.2 Å². The van der Waals surface area contributed by atoms with E-state index in [0.717, 1.165) is 0 Å². The molecule has 3 rings (SSSR count). The molecule has 1 amide bonds. The molecular weight excluding hydrogens is 388 g/mol. The van der Waals surface area contributed by atoms with E-state index in [-0.39, 0.29) is 6.54 Å². The van der Waals surface area contributed by atoms with Crippen LogP contribution in [0.3, 0.4) is 0 Å². The summed E-state index contributed by atoms with van der Waals surface area (Å²) in [6.45, 7) is 13.9. The first kappa shape index (κ1) is 22.6. The second kappa shape index (κ2) is 7.89. The van der Waals surface area contributed by atoms with Crippen molar-refractivity contribution in [3.8, 4) is 5.75 Å². The van der Waals surface area contributed by atoms with Gasteiger partial charge in [-0.1, -0.05) is 12.1 Å². The first-order valence-electron chi connectivity index (χ1n) is 10.2. The number of carbonyl (C=O) groups excluding carboxylic acids is 1. The molecule has 2 aliphatic heterocycles. The molecular formula is C22H31BFNO5. The second-order valence-corrected chi connectivity index (χ2v) is 9.69. The van der Waals surface area contributed by atoms with Gasteiger partial charge in [-0.25, -0.2) is 9.18 Å². The number of carbonyl (C=O) groups is 1. The highest BCUT2D eigenvalue weighted by molar-refractivity contribution is 6.54. The Hall–Kier alpha value is -2.06. The van der Waals surface area contributed by atoms with Crippen LogP contribution in [0.25, 0.3) is 6.08 Å². The first-order chi connectivity index (χ1) is 13.8. The van der Waals surface area contributed by atoms with Crippen LogP contribution in [-0.2, 0) is 20.6 Å². The number of fused-ring (bicyclic) bond motifs is 1. The van der Waals surface area contributed by atoms with E-state index in [1.165, 1.54) is 6.08 Å². The highest BCUT2D eigenvalue weighted by Crippen LogP contribution is 2.39. The van der Waals surface area contributed by atoms with Crippen LogP contribution in [0.1, 0.15) is 59.6 Å². The maximum absolute atomic E-state index is 15.1. The molecule has 2 aliphatic rings. The zero-order valence-corrected chi connectivity index (χ0v) is 18.9. The molecule has 0 aromatic heterocycles. The lowest BCUT2D eigenvalue weighted by Gasteiger charge is -2.32. The van der Waals surface area contributed by atoms with E-state index in [9.17, 15) is 4.79 Å². The van der Waals surface area contributed by atoms with Crippen LogP contribution in [0.4, 0.5) is 9.18 Å². The lowest BCUT2D eigenvalue weighted by Crippen LogP contribution is -2.41. The molecule has 2 heterocycles. The van der Waals surface area contributed by atoms with Gasteiger partial charge in [0.2, 0.25) is 0 Å². The maximum atomic E-state index is 15.1. The quantitative estimate of drug-likeness (QED) is 0.648. The summed E-state index contributed by atoms with van der Waals surface area (Å²) in [7, 11) is -1.08. The molecule has 1 saturated heterocycles. The van der Waals surface area contributed by atoms with Crippen LogP contribution in [0.15, 0.2) is 23.9 Å². The molecule has 1 aromatic rings. The van der Waals surface area contributed by atoms with E-state index in [2.05, 4.69) is 0 Å². The largest absolute Gasteiger partial charge is 0.525 e. The number of nitrogens with zero attached hydrogens (tertiary/aromatic N) is 1. The summed E-state index contributed by atoms with van der Waals surface area (Å²) >= 11 is 0. The number of rotatable bonds is 2. The van der Waals surface area contributed by atoms with E-state index in [1.807, 2.05) is 54.5 Å². The predicted octanol–water partition coefficient (Wildman–Crippen LogP) is 4.76. The molecule has 0 bridgehead atoms. The van der Waals surface area contributed by atoms with Crippen molar-refractivity contribution in [2.45, 2.75) is 71.8 Å². The third kappa shape index (κ3) is 4.81. The van der Waals surface area contributed by atoms with E-state index in [4.69, 9.17) is 18.8 Å². The van der Waals surface area contributed by atoms with Gasteiger partial charge in [-0.05, 0) is 66.2 Å². The van der Waals surface area contributed by atoms with Crippen LogP contribution < -0.4 is 4.74 Å². The summed E-state index contributed by atoms with van der Waals surface area (Å²) in [5.41, 5.74) is -1.08. The van der Waals surface area contributed by atoms with Gasteiger partial charge in [0.15, 0.2) is 0 Å². The van der Waals surface area contributed by atoms with Gasteiger partial charge in [0.25, 0.3) is 0 Å². The van der Waals surface area contributed by atoms with E-state index >= 15 is 4.39 Å². The number of benzene rings is 1. The van der Waals surface area contributed by atoms with Crippen molar-refractivity contribution in [3.05, 3.63) is 35.1 Å². The Morgan fingerprint density at radius 2 is 1.83 bits per heavy atom. The highest BCUT2D eigenvalue weighted by atomic mass is 19.1. The van der Waals surface area contributed by atoms with Crippen molar-refractivity contribution in [1.29, 1.82) is 0 Å². The summed E-state index contributed by atoms with van der Waals surface area (Å²) in [6.07, 6.45) is 0.965. The Labute approximate surface area is 178 Å². The Bertz CT molecular complexity index is 830. The SMILES string of the molecule is CC(C)(C)OC(=O)N1CCOc2cccc(C=C(F)B3OC(C)(C)C(C)(C)O3)c2C1. The van der Waals surface area contributed by atoms with Crippen molar-refractivity contribution >= 4 is 19.3 Å². The van der Waals surface area contributed by atoms with Crippen LogP contribution in [0.2, 0.25) is 0 Å². The van der Waals surface area contributed by atoms with Crippen molar-refractivity contribution < 1.29 is 28.0 Å². The normalized spacial score (nSPS) is 21.0. The summed E-state index contributed by atoms with van der Waals surface area (Å²) < 4.78 is 38.0. The maximum Gasteiger partial charge on any atom is 0.525 e. The fraction of sp³-hybridized carbons (Fsp3) is 0.591. The van der Waals surface area contributed by atoms with Crippen molar-refractivity contribution in [3.63, 3.8) is 0 Å². The number of halogens is 1. The van der Waals surface area contributed by atoms with Gasteiger partial charge in [0.05, 0.1) is 24.3 Å². The topological polar surface area (TPSA) is 57.2 Å². The number of hydrogen-bond acceptors (Lipinski definition) is 5. The van der Waals surface area contributed by atoms with E-state index in [1.54, 1.807) is 17.0 Å². The zero-order valence-electron chi connectivity index (χ0n) is 18.9. The Balaban J connectivity index is 1.87. The molecule has 1 fully saturated rings. The monoisotopic (exact) mass is 419 g/mol. The molecule has 0 spiro atoms. The smallest absolute Gasteiger partial charge is 0.491 e. The lowest BCUT2D eigenvalue weighted by atomic mass is 9.86. The Morgan fingerprint density at radius 3 is 2.43 bits per heavy atom. The molecule has 0 saturated carbocycles. The average molecular weight is 419 g/mol. The van der Waals surface area contributed by atoms with Gasteiger partial charge >= 0.3 is 13.2 Å². The summed E-state index contributed by atoms with van der Waals surface area (Å²) in [6, 6.07) is 5.40. The fourth-order valence-corrected chi connectivity index (χ4v) is 3.21. The molecule has 164 valence electrons. The lowest BCUT2D eigenvalue weighted by molar-refractivity contribution is 0.00578. The number of ether oxygens (including phenoxy) is 2. The minimum Gasteiger partial charge on any atom is -0.491 e. The Kier molecular flexibility index (Phi) is 5.95. The van der Waals surface area contributed by atoms with E-state index < -0.39 is 35.7 Å². The van der Waals surface area contributed by atoms with Gasteiger partial charge < -0.3 is 23.7 Å². The van der Waals surface area contributed by atoms with E-state index in [0.29, 0.717) is 30.0 Å². The van der Waals surface area contributed by atoms with Crippen molar-refractivity contribution in [2.24, 2.45) is 0 Å². The van der Waals surface area contributed by atoms with Gasteiger partial charge in [-0.3, -0.25) is 0 Å². The van der Waals surface area contributed by atoms with Crippen molar-refractivity contribution in [1.82, 2.24) is 4.90 Å². The average Bonchev–Trinajstić information content (AvgIpc) is 2.75. The van der Waals surface area contributed by atoms with Crippen LogP contribution in [-0.4, -0.2) is 48.1 Å². The highest BCUT2D eigenvalue weighted by Gasteiger charge is 2.53. The molecule has 8 heteroatoms. The first-order valence-corrected chi connectivity index (χ1v) is 10.2. The summed E-state index contributed by atoms with van der Waals surface area (Å²) in [5, 5.41) is 0. The number of hydrogen-bond donors (Lipinski definition) is 0.